The van der Waals surface area contributed by atoms with Gasteiger partial charge in [-0.3, -0.25) is 4.90 Å². The van der Waals surface area contributed by atoms with Crippen molar-refractivity contribution in [2.24, 2.45) is 0 Å². The summed E-state index contributed by atoms with van der Waals surface area (Å²) in [6.45, 7) is 12.8. The van der Waals surface area contributed by atoms with E-state index in [9.17, 15) is 4.39 Å². The van der Waals surface area contributed by atoms with E-state index >= 15 is 0 Å². The van der Waals surface area contributed by atoms with E-state index in [4.69, 9.17) is 0 Å². The number of halogens is 1. The third-order valence-electron chi connectivity index (χ3n) is 4.13. The van der Waals surface area contributed by atoms with Crippen LogP contribution in [-0.4, -0.2) is 30.6 Å². The van der Waals surface area contributed by atoms with Crippen molar-refractivity contribution in [2.45, 2.75) is 46.2 Å². The summed E-state index contributed by atoms with van der Waals surface area (Å²) in [5, 5.41) is 3.37. The molecule has 0 aliphatic carbocycles. The second-order valence-electron chi connectivity index (χ2n) is 5.55. The molecule has 108 valence electrons. The Balaban J connectivity index is 3.22. The highest BCUT2D eigenvalue weighted by Crippen LogP contribution is 2.32. The fourth-order valence-electron chi connectivity index (χ4n) is 3.03. The molecule has 3 heteroatoms. The molecule has 1 atom stereocenters. The number of nitrogens with zero attached hydrogens (tertiary/aromatic N) is 1. The molecule has 1 N–H and O–H groups in total. The van der Waals surface area contributed by atoms with Gasteiger partial charge in [-0.1, -0.05) is 19.9 Å². The van der Waals surface area contributed by atoms with E-state index in [1.54, 1.807) is 6.07 Å². The molecule has 2 nitrogen and oxygen atoms in total. The molecule has 0 aliphatic heterocycles. The van der Waals surface area contributed by atoms with Crippen molar-refractivity contribution in [1.82, 2.24) is 10.2 Å². The van der Waals surface area contributed by atoms with Gasteiger partial charge in [-0.25, -0.2) is 4.39 Å². The van der Waals surface area contributed by atoms with Gasteiger partial charge >= 0.3 is 0 Å². The highest BCUT2D eigenvalue weighted by Gasteiger charge is 2.34. The van der Waals surface area contributed by atoms with Gasteiger partial charge in [-0.05, 0) is 64.2 Å². The summed E-state index contributed by atoms with van der Waals surface area (Å²) in [5.41, 5.74) is 2.09. The molecule has 0 spiro atoms. The fourth-order valence-corrected chi connectivity index (χ4v) is 3.03. The molecule has 0 fully saturated rings. The molecular formula is C16H27FN2. The van der Waals surface area contributed by atoms with Crippen LogP contribution in [-0.2, 0) is 0 Å². The number of nitrogens with one attached hydrogen (secondary N) is 1. The SMILES string of the molecule is CCN(CC)C(C)(C)C(NC)c1cc(F)ccc1C. The van der Waals surface area contributed by atoms with Crippen molar-refractivity contribution in [3.8, 4) is 0 Å². The topological polar surface area (TPSA) is 15.3 Å². The monoisotopic (exact) mass is 266 g/mol. The molecule has 0 saturated heterocycles. The standard InChI is InChI=1S/C16H27FN2/c1-7-19(8-2)16(4,5)15(18-6)14-11-13(17)10-9-12(14)3/h9-11,15,18H,7-8H2,1-6H3. The molecule has 0 aromatic heterocycles. The predicted molar refractivity (Wildman–Crippen MR) is 79.9 cm³/mol. The van der Waals surface area contributed by atoms with Gasteiger partial charge in [0.15, 0.2) is 0 Å². The number of benzene rings is 1. The van der Waals surface area contributed by atoms with Crippen LogP contribution in [0.5, 0.6) is 0 Å². The van der Waals surface area contributed by atoms with Gasteiger partial charge in [0, 0.05) is 5.54 Å². The smallest absolute Gasteiger partial charge is 0.123 e. The van der Waals surface area contributed by atoms with Crippen molar-refractivity contribution in [1.29, 1.82) is 0 Å². The molecule has 0 saturated carbocycles. The molecule has 0 bridgehead atoms. The lowest BCUT2D eigenvalue weighted by atomic mass is 9.85. The average Bonchev–Trinajstić information content (AvgIpc) is 2.35. The Morgan fingerprint density at radius 3 is 2.32 bits per heavy atom. The normalized spacial score (nSPS) is 13.9. The number of likely N-dealkylation sites (N-methyl/N-ethyl adjacent to an activating group) is 2. The second-order valence-corrected chi connectivity index (χ2v) is 5.55. The van der Waals surface area contributed by atoms with Crippen LogP contribution in [0, 0.1) is 12.7 Å². The number of hydrogen-bond acceptors (Lipinski definition) is 2. The van der Waals surface area contributed by atoms with Crippen LogP contribution in [0.2, 0.25) is 0 Å². The van der Waals surface area contributed by atoms with Gasteiger partial charge in [-0.15, -0.1) is 0 Å². The lowest BCUT2D eigenvalue weighted by Gasteiger charge is -2.44. The first-order chi connectivity index (χ1) is 8.88. The van der Waals surface area contributed by atoms with E-state index < -0.39 is 0 Å². The quantitative estimate of drug-likeness (QED) is 0.847. The number of aryl methyl sites for hydroxylation is 1. The highest BCUT2D eigenvalue weighted by atomic mass is 19.1. The molecule has 0 heterocycles. The summed E-state index contributed by atoms with van der Waals surface area (Å²) in [5.74, 6) is -0.170. The Bertz CT molecular complexity index is 411. The molecule has 1 aromatic rings. The number of hydrogen-bond donors (Lipinski definition) is 1. The summed E-state index contributed by atoms with van der Waals surface area (Å²) in [6.07, 6.45) is 0. The van der Waals surface area contributed by atoms with Crippen molar-refractivity contribution in [3.63, 3.8) is 0 Å². The third-order valence-corrected chi connectivity index (χ3v) is 4.13. The first kappa shape index (κ1) is 16.1. The van der Waals surface area contributed by atoms with Crippen LogP contribution >= 0.6 is 0 Å². The van der Waals surface area contributed by atoms with E-state index in [1.807, 2.05) is 20.0 Å². The molecule has 1 aromatic carbocycles. The first-order valence-electron chi connectivity index (χ1n) is 7.06. The van der Waals surface area contributed by atoms with Gasteiger partial charge in [0.05, 0.1) is 6.04 Å². The first-order valence-corrected chi connectivity index (χ1v) is 7.06. The van der Waals surface area contributed by atoms with Gasteiger partial charge in [0.2, 0.25) is 0 Å². The molecular weight excluding hydrogens is 239 g/mol. The van der Waals surface area contributed by atoms with E-state index in [-0.39, 0.29) is 17.4 Å². The fraction of sp³-hybridized carbons (Fsp3) is 0.625. The lowest BCUT2D eigenvalue weighted by molar-refractivity contribution is 0.0941. The van der Waals surface area contributed by atoms with E-state index in [1.165, 1.54) is 6.07 Å². The van der Waals surface area contributed by atoms with E-state index in [2.05, 4.69) is 37.9 Å². The van der Waals surface area contributed by atoms with Gasteiger partial charge < -0.3 is 5.32 Å². The Morgan fingerprint density at radius 1 is 1.26 bits per heavy atom. The molecule has 1 rings (SSSR count). The number of rotatable bonds is 6. The average molecular weight is 266 g/mol. The van der Waals surface area contributed by atoms with E-state index in [0.29, 0.717) is 0 Å². The summed E-state index contributed by atoms with van der Waals surface area (Å²) in [4.78, 5) is 2.40. The van der Waals surface area contributed by atoms with Crippen LogP contribution in [0.15, 0.2) is 18.2 Å². The minimum absolute atomic E-state index is 0.0726. The Kier molecular flexibility index (Phi) is 5.50. The van der Waals surface area contributed by atoms with Crippen LogP contribution < -0.4 is 5.32 Å². The summed E-state index contributed by atoms with van der Waals surface area (Å²) in [7, 11) is 1.94. The minimum Gasteiger partial charge on any atom is -0.311 e. The van der Waals surface area contributed by atoms with Crippen molar-refractivity contribution in [3.05, 3.63) is 35.1 Å². The van der Waals surface area contributed by atoms with Gasteiger partial charge in [-0.2, -0.15) is 0 Å². The zero-order valence-electron chi connectivity index (χ0n) is 13.0. The van der Waals surface area contributed by atoms with Gasteiger partial charge in [0.25, 0.3) is 0 Å². The van der Waals surface area contributed by atoms with Crippen LogP contribution in [0.3, 0.4) is 0 Å². The largest absolute Gasteiger partial charge is 0.311 e. The molecule has 19 heavy (non-hydrogen) atoms. The summed E-state index contributed by atoms with van der Waals surface area (Å²) >= 11 is 0. The van der Waals surface area contributed by atoms with Crippen LogP contribution in [0.1, 0.15) is 44.9 Å². The maximum atomic E-state index is 13.6. The Hall–Kier alpha value is -0.930. The van der Waals surface area contributed by atoms with Gasteiger partial charge in [0.1, 0.15) is 5.82 Å². The summed E-state index contributed by atoms with van der Waals surface area (Å²) in [6, 6.07) is 5.13. The third kappa shape index (κ3) is 3.34. The Morgan fingerprint density at radius 2 is 1.84 bits per heavy atom. The van der Waals surface area contributed by atoms with Crippen LogP contribution in [0.25, 0.3) is 0 Å². The lowest BCUT2D eigenvalue weighted by Crippen LogP contribution is -2.52. The molecule has 0 radical (unpaired) electrons. The van der Waals surface area contributed by atoms with Crippen molar-refractivity contribution >= 4 is 0 Å². The molecule has 1 unspecified atom stereocenters. The maximum absolute atomic E-state index is 13.6. The molecule has 0 amide bonds. The zero-order valence-corrected chi connectivity index (χ0v) is 13.0. The Labute approximate surface area is 117 Å². The highest BCUT2D eigenvalue weighted by molar-refractivity contribution is 5.32. The maximum Gasteiger partial charge on any atom is 0.123 e. The van der Waals surface area contributed by atoms with E-state index in [0.717, 1.165) is 24.2 Å². The molecule has 0 aliphatic rings. The zero-order chi connectivity index (χ0) is 14.6. The summed E-state index contributed by atoms with van der Waals surface area (Å²) < 4.78 is 13.6. The predicted octanol–water partition coefficient (Wildman–Crippen LogP) is 3.52. The van der Waals surface area contributed by atoms with Crippen molar-refractivity contribution in [2.75, 3.05) is 20.1 Å². The van der Waals surface area contributed by atoms with Crippen LogP contribution in [0.4, 0.5) is 4.39 Å². The minimum atomic E-state index is -0.170. The van der Waals surface area contributed by atoms with Crippen molar-refractivity contribution < 1.29 is 4.39 Å². The second kappa shape index (κ2) is 6.49.